The predicted octanol–water partition coefficient (Wildman–Crippen LogP) is 3.26. The van der Waals surface area contributed by atoms with E-state index in [9.17, 15) is 18.4 Å². The van der Waals surface area contributed by atoms with Crippen molar-refractivity contribution >= 4 is 15.7 Å². The minimum atomic E-state index is -3.64. The lowest BCUT2D eigenvalue weighted by molar-refractivity contribution is -0.169. The van der Waals surface area contributed by atoms with Crippen molar-refractivity contribution in [3.63, 3.8) is 0 Å². The third-order valence-electron chi connectivity index (χ3n) is 4.81. The van der Waals surface area contributed by atoms with Crippen LogP contribution in [0, 0.1) is 5.92 Å². The normalized spacial score (nSPS) is 14.7. The number of hydroxylamine groups is 2. The standard InChI is InChI=1S/C22H27NO7S/c24-22(18-11-14-28-15-12-18)23(25)17-31(26,27)16-4-13-29-19-7-9-21(10-8-19)30-20-5-2-1-3-6-20/h1-3,5-10,18,25H,4,11-17H2. The summed E-state index contributed by atoms with van der Waals surface area (Å²) in [6, 6.07) is 16.4. The number of nitrogens with zero attached hydrogens (tertiary/aromatic N) is 1. The van der Waals surface area contributed by atoms with Gasteiger partial charge in [-0.05, 0) is 55.7 Å². The highest BCUT2D eigenvalue weighted by Crippen LogP contribution is 2.23. The zero-order valence-corrected chi connectivity index (χ0v) is 18.0. The highest BCUT2D eigenvalue weighted by Gasteiger charge is 2.28. The van der Waals surface area contributed by atoms with Crippen LogP contribution in [0.25, 0.3) is 0 Å². The lowest BCUT2D eigenvalue weighted by Crippen LogP contribution is -2.39. The SMILES string of the molecule is O=C(C1CCOCC1)N(O)CS(=O)(=O)CCCOc1ccc(Oc2ccccc2)cc1. The summed E-state index contributed by atoms with van der Waals surface area (Å²) in [6.45, 7) is 1.07. The highest BCUT2D eigenvalue weighted by atomic mass is 32.2. The first-order valence-electron chi connectivity index (χ1n) is 10.2. The molecule has 2 aromatic carbocycles. The number of ether oxygens (including phenoxy) is 3. The van der Waals surface area contributed by atoms with Gasteiger partial charge in [-0.25, -0.2) is 13.5 Å². The second-order valence-electron chi connectivity index (χ2n) is 7.29. The number of benzene rings is 2. The van der Waals surface area contributed by atoms with Crippen molar-refractivity contribution < 1.29 is 32.6 Å². The van der Waals surface area contributed by atoms with Crippen LogP contribution in [0.4, 0.5) is 0 Å². The van der Waals surface area contributed by atoms with E-state index in [-0.39, 0.29) is 18.8 Å². The van der Waals surface area contributed by atoms with E-state index in [2.05, 4.69) is 0 Å². The summed E-state index contributed by atoms with van der Waals surface area (Å²) in [5.41, 5.74) is 0. The Kier molecular flexibility index (Phi) is 8.27. The number of carbonyl (C=O) groups excluding carboxylic acids is 1. The Hall–Kier alpha value is -2.62. The molecule has 1 N–H and O–H groups in total. The predicted molar refractivity (Wildman–Crippen MR) is 114 cm³/mol. The van der Waals surface area contributed by atoms with Crippen molar-refractivity contribution in [3.05, 3.63) is 54.6 Å². The van der Waals surface area contributed by atoms with Crippen LogP contribution in [0.5, 0.6) is 17.2 Å². The summed E-state index contributed by atoms with van der Waals surface area (Å²) in [4.78, 5) is 12.2. The summed E-state index contributed by atoms with van der Waals surface area (Å²) in [5, 5.41) is 10.2. The second-order valence-corrected chi connectivity index (χ2v) is 9.44. The van der Waals surface area contributed by atoms with Gasteiger partial charge in [0.2, 0.25) is 5.91 Å². The van der Waals surface area contributed by atoms with Crippen LogP contribution < -0.4 is 9.47 Å². The quantitative estimate of drug-likeness (QED) is 0.337. The molecule has 1 heterocycles. The molecule has 0 atom stereocenters. The molecule has 0 spiro atoms. The summed E-state index contributed by atoms with van der Waals surface area (Å²) in [6.07, 6.45) is 1.21. The van der Waals surface area contributed by atoms with Gasteiger partial charge < -0.3 is 14.2 Å². The maximum absolute atomic E-state index is 12.2. The molecule has 1 fully saturated rings. The lowest BCUT2D eigenvalue weighted by Gasteiger charge is -2.24. The first-order valence-corrected chi connectivity index (χ1v) is 12.0. The fraction of sp³-hybridized carbons (Fsp3) is 0.409. The van der Waals surface area contributed by atoms with Gasteiger partial charge in [0.1, 0.15) is 23.1 Å². The Morgan fingerprint density at radius 1 is 1.00 bits per heavy atom. The van der Waals surface area contributed by atoms with E-state index in [1.807, 2.05) is 30.3 Å². The van der Waals surface area contributed by atoms with E-state index in [4.69, 9.17) is 14.2 Å². The average Bonchev–Trinajstić information content (AvgIpc) is 2.78. The molecule has 0 saturated carbocycles. The summed E-state index contributed by atoms with van der Waals surface area (Å²) in [7, 11) is -3.64. The van der Waals surface area contributed by atoms with E-state index in [0.29, 0.717) is 42.6 Å². The fourth-order valence-electron chi connectivity index (χ4n) is 3.17. The van der Waals surface area contributed by atoms with Gasteiger partial charge in [0, 0.05) is 19.1 Å². The Bertz CT molecular complexity index is 926. The van der Waals surface area contributed by atoms with E-state index in [1.54, 1.807) is 24.3 Å². The molecule has 1 saturated heterocycles. The van der Waals surface area contributed by atoms with Crippen LogP contribution >= 0.6 is 0 Å². The van der Waals surface area contributed by atoms with Gasteiger partial charge in [-0.3, -0.25) is 10.0 Å². The van der Waals surface area contributed by atoms with Crippen LogP contribution in [-0.2, 0) is 19.4 Å². The van der Waals surface area contributed by atoms with E-state index in [0.717, 1.165) is 5.75 Å². The Morgan fingerprint density at radius 3 is 2.29 bits per heavy atom. The third kappa shape index (κ3) is 7.54. The maximum Gasteiger partial charge on any atom is 0.250 e. The molecule has 0 unspecified atom stereocenters. The molecule has 168 valence electrons. The summed E-state index contributed by atoms with van der Waals surface area (Å²) in [5.74, 6) is 0.117. The van der Waals surface area contributed by atoms with E-state index < -0.39 is 27.5 Å². The van der Waals surface area contributed by atoms with Crippen molar-refractivity contribution in [3.8, 4) is 17.2 Å². The molecule has 1 amide bonds. The maximum atomic E-state index is 12.2. The number of hydrogen-bond acceptors (Lipinski definition) is 7. The molecule has 0 radical (unpaired) electrons. The minimum absolute atomic E-state index is 0.192. The van der Waals surface area contributed by atoms with Crippen molar-refractivity contribution in [2.75, 3.05) is 31.5 Å². The van der Waals surface area contributed by atoms with Crippen LogP contribution in [0.1, 0.15) is 19.3 Å². The topological polar surface area (TPSA) is 102 Å². The molecule has 3 rings (SSSR count). The Balaban J connectivity index is 1.38. The van der Waals surface area contributed by atoms with Gasteiger partial charge in [-0.15, -0.1) is 0 Å². The monoisotopic (exact) mass is 449 g/mol. The van der Waals surface area contributed by atoms with E-state index >= 15 is 0 Å². The third-order valence-corrected chi connectivity index (χ3v) is 6.36. The second kappa shape index (κ2) is 11.1. The largest absolute Gasteiger partial charge is 0.494 e. The zero-order chi connectivity index (χ0) is 22.1. The summed E-state index contributed by atoms with van der Waals surface area (Å²) >= 11 is 0. The average molecular weight is 450 g/mol. The number of para-hydroxylation sites is 1. The zero-order valence-electron chi connectivity index (χ0n) is 17.2. The van der Waals surface area contributed by atoms with Gasteiger partial charge in [0.25, 0.3) is 0 Å². The van der Waals surface area contributed by atoms with Crippen molar-refractivity contribution in [1.82, 2.24) is 5.06 Å². The molecule has 0 aromatic heterocycles. The van der Waals surface area contributed by atoms with Crippen LogP contribution in [-0.4, -0.2) is 56.0 Å². The van der Waals surface area contributed by atoms with Gasteiger partial charge >= 0.3 is 0 Å². The molecular formula is C22H27NO7S. The number of sulfone groups is 1. The fourth-order valence-corrected chi connectivity index (χ4v) is 4.35. The summed E-state index contributed by atoms with van der Waals surface area (Å²) < 4.78 is 40.9. The number of rotatable bonds is 10. The molecular weight excluding hydrogens is 422 g/mol. The van der Waals surface area contributed by atoms with Crippen LogP contribution in [0.15, 0.2) is 54.6 Å². The molecule has 0 aliphatic carbocycles. The molecule has 0 bridgehead atoms. The molecule has 1 aliphatic heterocycles. The van der Waals surface area contributed by atoms with Crippen LogP contribution in [0.2, 0.25) is 0 Å². The van der Waals surface area contributed by atoms with Crippen molar-refractivity contribution in [2.24, 2.45) is 5.92 Å². The smallest absolute Gasteiger partial charge is 0.250 e. The van der Waals surface area contributed by atoms with Gasteiger partial charge in [-0.1, -0.05) is 18.2 Å². The molecule has 2 aromatic rings. The van der Waals surface area contributed by atoms with E-state index in [1.165, 1.54) is 0 Å². The van der Waals surface area contributed by atoms with Gasteiger partial charge in [0.05, 0.1) is 12.4 Å². The van der Waals surface area contributed by atoms with Crippen molar-refractivity contribution in [2.45, 2.75) is 19.3 Å². The minimum Gasteiger partial charge on any atom is -0.494 e. The van der Waals surface area contributed by atoms with Gasteiger partial charge in [0.15, 0.2) is 9.84 Å². The number of hydrogen-bond donors (Lipinski definition) is 1. The highest BCUT2D eigenvalue weighted by molar-refractivity contribution is 7.91. The molecule has 8 nitrogen and oxygen atoms in total. The molecule has 1 aliphatic rings. The first-order chi connectivity index (χ1) is 14.9. The van der Waals surface area contributed by atoms with Gasteiger partial charge in [-0.2, -0.15) is 0 Å². The molecule has 31 heavy (non-hydrogen) atoms. The first kappa shape index (κ1) is 23.1. The van der Waals surface area contributed by atoms with Crippen LogP contribution in [0.3, 0.4) is 0 Å². The Labute approximate surface area is 182 Å². The number of amides is 1. The molecule has 9 heteroatoms. The lowest BCUT2D eigenvalue weighted by atomic mass is 10.00. The Morgan fingerprint density at radius 2 is 1.61 bits per heavy atom. The number of carbonyl (C=O) groups is 1. The van der Waals surface area contributed by atoms with Crippen molar-refractivity contribution in [1.29, 1.82) is 0 Å².